The zero-order valence-electron chi connectivity index (χ0n) is 15.7. The van der Waals surface area contributed by atoms with Crippen LogP contribution in [0.4, 0.5) is 0 Å². The van der Waals surface area contributed by atoms with Gasteiger partial charge in [0.25, 0.3) is 5.91 Å². The number of carbonyl (C=O) groups excluding carboxylic acids is 1. The van der Waals surface area contributed by atoms with E-state index in [1.54, 1.807) is 6.07 Å². The van der Waals surface area contributed by atoms with Crippen molar-refractivity contribution in [3.05, 3.63) is 64.2 Å². The van der Waals surface area contributed by atoms with Gasteiger partial charge in [0.15, 0.2) is 6.10 Å². The van der Waals surface area contributed by atoms with Crippen LogP contribution in [0.15, 0.2) is 42.5 Å². The predicted molar refractivity (Wildman–Crippen MR) is 108 cm³/mol. The number of halogens is 1. The van der Waals surface area contributed by atoms with E-state index in [0.29, 0.717) is 18.0 Å². The molecule has 2 N–H and O–H groups in total. The maximum Gasteiger partial charge on any atom is 0.261 e. The molecule has 0 bridgehead atoms. The largest absolute Gasteiger partial charge is 0.480 e. The summed E-state index contributed by atoms with van der Waals surface area (Å²) in [7, 11) is 0. The Morgan fingerprint density at radius 3 is 2.61 bits per heavy atom. The highest BCUT2D eigenvalue weighted by molar-refractivity contribution is 6.30. The molecule has 148 valence electrons. The van der Waals surface area contributed by atoms with Crippen LogP contribution in [0.3, 0.4) is 0 Å². The van der Waals surface area contributed by atoms with Crippen LogP contribution in [0.1, 0.15) is 29.5 Å². The number of piperidine rings is 1. The molecule has 1 fully saturated rings. The van der Waals surface area contributed by atoms with Gasteiger partial charge in [0.05, 0.1) is 6.10 Å². The highest BCUT2D eigenvalue weighted by Gasteiger charge is 2.29. The molecule has 6 heteroatoms. The molecule has 0 radical (unpaired) electrons. The number of nitrogens with one attached hydrogen (secondary N) is 1. The number of aliphatic hydroxyl groups excluding tert-OH is 1. The smallest absolute Gasteiger partial charge is 0.261 e. The normalized spacial score (nSPS) is 19.9. The third-order valence-corrected chi connectivity index (χ3v) is 5.68. The van der Waals surface area contributed by atoms with E-state index in [4.69, 9.17) is 16.3 Å². The maximum absolute atomic E-state index is 12.4. The Bertz CT molecular complexity index is 832. The minimum absolute atomic E-state index is 0.108. The highest BCUT2D eigenvalue weighted by atomic mass is 35.5. The summed E-state index contributed by atoms with van der Waals surface area (Å²) in [5, 5.41) is 13.2. The van der Waals surface area contributed by atoms with Gasteiger partial charge in [-0.05, 0) is 47.7 Å². The number of benzene rings is 2. The molecule has 1 saturated heterocycles. The van der Waals surface area contributed by atoms with Crippen LogP contribution in [0.2, 0.25) is 5.02 Å². The van der Waals surface area contributed by atoms with Crippen molar-refractivity contribution in [1.82, 2.24) is 10.2 Å². The monoisotopic (exact) mass is 400 g/mol. The molecule has 2 aliphatic rings. The summed E-state index contributed by atoms with van der Waals surface area (Å²) in [6.07, 6.45) is 1.61. The molecule has 0 aliphatic carbocycles. The molecular formula is C22H25ClN2O3. The summed E-state index contributed by atoms with van der Waals surface area (Å²) in [5.41, 5.74) is 3.28. The third-order valence-electron chi connectivity index (χ3n) is 5.44. The number of aliphatic hydroxyl groups is 1. The number of carbonyl (C=O) groups is 1. The van der Waals surface area contributed by atoms with Crippen LogP contribution < -0.4 is 10.1 Å². The lowest BCUT2D eigenvalue weighted by Crippen LogP contribution is -2.37. The second-order valence-electron chi connectivity index (χ2n) is 7.60. The number of amides is 1. The first-order valence-electron chi connectivity index (χ1n) is 9.78. The molecule has 1 amide bonds. The lowest BCUT2D eigenvalue weighted by Gasteiger charge is -2.29. The van der Waals surface area contributed by atoms with Crippen molar-refractivity contribution >= 4 is 17.5 Å². The second kappa shape index (κ2) is 8.52. The van der Waals surface area contributed by atoms with Gasteiger partial charge in [0.1, 0.15) is 5.75 Å². The zero-order valence-corrected chi connectivity index (χ0v) is 16.5. The Kier molecular flexibility index (Phi) is 5.85. The van der Waals surface area contributed by atoms with Crippen LogP contribution in [0, 0.1) is 0 Å². The number of hydrogen-bond donors (Lipinski definition) is 2. The van der Waals surface area contributed by atoms with E-state index in [-0.39, 0.29) is 12.0 Å². The first-order chi connectivity index (χ1) is 13.6. The first-order valence-corrected chi connectivity index (χ1v) is 10.2. The number of hydrogen-bond acceptors (Lipinski definition) is 4. The lowest BCUT2D eigenvalue weighted by atomic mass is 10.1. The molecule has 0 aromatic heterocycles. The van der Waals surface area contributed by atoms with Gasteiger partial charge in [-0.25, -0.2) is 0 Å². The van der Waals surface area contributed by atoms with E-state index in [0.717, 1.165) is 49.4 Å². The number of ether oxygens (including phenoxy) is 1. The van der Waals surface area contributed by atoms with Gasteiger partial charge in [-0.2, -0.15) is 0 Å². The Labute approximate surface area is 170 Å². The van der Waals surface area contributed by atoms with Crippen molar-refractivity contribution in [2.75, 3.05) is 13.1 Å². The van der Waals surface area contributed by atoms with E-state index < -0.39 is 6.10 Å². The summed E-state index contributed by atoms with van der Waals surface area (Å²) in [4.78, 5) is 14.8. The summed E-state index contributed by atoms with van der Waals surface area (Å²) in [6, 6.07) is 13.8. The lowest BCUT2D eigenvalue weighted by molar-refractivity contribution is -0.127. The van der Waals surface area contributed by atoms with Crippen LogP contribution in [-0.4, -0.2) is 41.2 Å². The first kappa shape index (κ1) is 19.2. The molecule has 0 spiro atoms. The van der Waals surface area contributed by atoms with E-state index >= 15 is 0 Å². The van der Waals surface area contributed by atoms with Crippen molar-refractivity contribution < 1.29 is 14.6 Å². The summed E-state index contributed by atoms with van der Waals surface area (Å²) in [6.45, 7) is 3.25. The van der Waals surface area contributed by atoms with E-state index in [1.807, 2.05) is 12.1 Å². The van der Waals surface area contributed by atoms with Gasteiger partial charge in [-0.1, -0.05) is 35.9 Å². The van der Waals surface area contributed by atoms with Crippen LogP contribution in [-0.2, 0) is 24.3 Å². The minimum Gasteiger partial charge on any atom is -0.480 e. The number of likely N-dealkylation sites (tertiary alicyclic amines) is 1. The Balaban J connectivity index is 1.25. The quantitative estimate of drug-likeness (QED) is 0.810. The highest BCUT2D eigenvalue weighted by Crippen LogP contribution is 2.31. The van der Waals surface area contributed by atoms with Crippen LogP contribution in [0.5, 0.6) is 5.75 Å². The SMILES string of the molecule is O=C(NCc1ccc(CN2CCC(O)CC2)cc1)C1Cc2cc(Cl)ccc2O1. The van der Waals surface area contributed by atoms with E-state index in [2.05, 4.69) is 34.5 Å². The number of fused-ring (bicyclic) bond motifs is 1. The topological polar surface area (TPSA) is 61.8 Å². The molecular weight excluding hydrogens is 376 g/mol. The fraction of sp³-hybridized carbons (Fsp3) is 0.409. The van der Waals surface area contributed by atoms with Crippen molar-refractivity contribution in [2.24, 2.45) is 0 Å². The molecule has 5 nitrogen and oxygen atoms in total. The molecule has 1 unspecified atom stereocenters. The predicted octanol–water partition coefficient (Wildman–Crippen LogP) is 2.92. The maximum atomic E-state index is 12.4. The molecule has 1 atom stereocenters. The fourth-order valence-corrected chi connectivity index (χ4v) is 3.96. The average Bonchev–Trinajstić information content (AvgIpc) is 3.12. The zero-order chi connectivity index (χ0) is 19.5. The van der Waals surface area contributed by atoms with Crippen molar-refractivity contribution in [1.29, 1.82) is 0 Å². The van der Waals surface area contributed by atoms with Gasteiger partial charge in [-0.3, -0.25) is 9.69 Å². The van der Waals surface area contributed by atoms with Crippen molar-refractivity contribution in [2.45, 2.75) is 44.6 Å². The second-order valence-corrected chi connectivity index (χ2v) is 8.04. The summed E-state index contributed by atoms with van der Waals surface area (Å²) >= 11 is 6.00. The molecule has 2 aliphatic heterocycles. The summed E-state index contributed by atoms with van der Waals surface area (Å²) in [5.74, 6) is 0.627. The Morgan fingerprint density at radius 1 is 1.14 bits per heavy atom. The van der Waals surface area contributed by atoms with Crippen molar-refractivity contribution in [3.63, 3.8) is 0 Å². The minimum atomic E-state index is -0.498. The van der Waals surface area contributed by atoms with Gasteiger partial charge in [-0.15, -0.1) is 0 Å². The fourth-order valence-electron chi connectivity index (χ4n) is 3.76. The summed E-state index contributed by atoms with van der Waals surface area (Å²) < 4.78 is 5.73. The molecule has 28 heavy (non-hydrogen) atoms. The van der Waals surface area contributed by atoms with E-state index in [1.165, 1.54) is 5.56 Å². The van der Waals surface area contributed by atoms with Gasteiger partial charge in [0.2, 0.25) is 0 Å². The van der Waals surface area contributed by atoms with E-state index in [9.17, 15) is 9.90 Å². The number of nitrogens with zero attached hydrogens (tertiary/aromatic N) is 1. The molecule has 2 aromatic carbocycles. The number of rotatable bonds is 5. The standard InChI is InChI=1S/C22H25ClN2O3/c23-18-5-6-20-17(11-18)12-21(28-20)22(27)24-13-15-1-3-16(4-2-15)14-25-9-7-19(26)8-10-25/h1-6,11,19,21,26H,7-10,12-14H2,(H,24,27). The molecule has 0 saturated carbocycles. The van der Waals surface area contributed by atoms with Crippen molar-refractivity contribution in [3.8, 4) is 5.75 Å². The Hall–Kier alpha value is -2.08. The van der Waals surface area contributed by atoms with Crippen LogP contribution >= 0.6 is 11.6 Å². The van der Waals surface area contributed by atoms with Crippen LogP contribution in [0.25, 0.3) is 0 Å². The third kappa shape index (κ3) is 4.66. The van der Waals surface area contributed by atoms with Gasteiger partial charge in [0, 0.05) is 37.6 Å². The van der Waals surface area contributed by atoms with Gasteiger partial charge >= 0.3 is 0 Å². The molecule has 2 heterocycles. The average molecular weight is 401 g/mol. The molecule has 2 aromatic rings. The molecule has 4 rings (SSSR count). The van der Waals surface area contributed by atoms with Gasteiger partial charge < -0.3 is 15.2 Å². The Morgan fingerprint density at radius 2 is 1.86 bits per heavy atom.